The molecule has 9 heteroatoms. The standard InChI is InChI=1S/C26H39NO8/c1-6-9-12-25(30)33-18(4)17-27-20(26(31)32-5)15-19-13-14-21(34-23(28)10-7-2)22(16-19)35-24(29)11-8-3/h13-14,16,18,20,27H,6-12,15,17H2,1-5H3/t18?,20-/m0/s1. The molecule has 1 N–H and O–H groups in total. The van der Waals surface area contributed by atoms with E-state index in [2.05, 4.69) is 5.32 Å². The molecule has 0 saturated carbocycles. The van der Waals surface area contributed by atoms with Crippen molar-refractivity contribution in [2.45, 2.75) is 91.2 Å². The predicted octanol–water partition coefficient (Wildman–Crippen LogP) is 3.89. The summed E-state index contributed by atoms with van der Waals surface area (Å²) < 4.78 is 21.1. The summed E-state index contributed by atoms with van der Waals surface area (Å²) in [7, 11) is 1.29. The average molecular weight is 494 g/mol. The van der Waals surface area contributed by atoms with Gasteiger partial charge in [0.15, 0.2) is 11.5 Å². The first-order valence-corrected chi connectivity index (χ1v) is 12.3. The van der Waals surface area contributed by atoms with Crippen molar-refractivity contribution in [3.8, 4) is 11.5 Å². The quantitative estimate of drug-likeness (QED) is 0.270. The van der Waals surface area contributed by atoms with Crippen LogP contribution in [-0.2, 0) is 35.1 Å². The summed E-state index contributed by atoms with van der Waals surface area (Å²) in [5.74, 6) is -1.37. The lowest BCUT2D eigenvalue weighted by Gasteiger charge is -2.20. The van der Waals surface area contributed by atoms with Gasteiger partial charge in [0.2, 0.25) is 0 Å². The zero-order chi connectivity index (χ0) is 26.2. The van der Waals surface area contributed by atoms with Gasteiger partial charge in [0.05, 0.1) is 7.11 Å². The van der Waals surface area contributed by atoms with E-state index in [1.54, 1.807) is 25.1 Å². The fourth-order valence-corrected chi connectivity index (χ4v) is 3.17. The van der Waals surface area contributed by atoms with Crippen molar-refractivity contribution < 1.29 is 38.1 Å². The molecule has 35 heavy (non-hydrogen) atoms. The Morgan fingerprint density at radius 3 is 2.06 bits per heavy atom. The Morgan fingerprint density at radius 1 is 0.857 bits per heavy atom. The molecular formula is C26H39NO8. The summed E-state index contributed by atoms with van der Waals surface area (Å²) >= 11 is 0. The lowest BCUT2D eigenvalue weighted by atomic mass is 10.0. The number of benzene rings is 1. The maximum atomic E-state index is 12.4. The minimum absolute atomic E-state index is 0.118. The number of rotatable bonds is 16. The van der Waals surface area contributed by atoms with Gasteiger partial charge in [-0.1, -0.05) is 33.3 Å². The summed E-state index contributed by atoms with van der Waals surface area (Å²) in [4.78, 5) is 48.3. The van der Waals surface area contributed by atoms with Gasteiger partial charge in [-0.05, 0) is 50.3 Å². The number of nitrogens with one attached hydrogen (secondary N) is 1. The van der Waals surface area contributed by atoms with Gasteiger partial charge >= 0.3 is 23.9 Å². The summed E-state index contributed by atoms with van der Waals surface area (Å²) in [6.45, 7) is 7.71. The van der Waals surface area contributed by atoms with Crippen LogP contribution in [0.1, 0.15) is 78.2 Å². The highest BCUT2D eigenvalue weighted by atomic mass is 16.6. The Hall–Kier alpha value is -2.94. The van der Waals surface area contributed by atoms with Gasteiger partial charge in [-0.25, -0.2) is 0 Å². The van der Waals surface area contributed by atoms with Gasteiger partial charge in [0.1, 0.15) is 12.1 Å². The Morgan fingerprint density at radius 2 is 1.49 bits per heavy atom. The maximum absolute atomic E-state index is 12.4. The number of unbranched alkanes of at least 4 members (excludes halogenated alkanes) is 1. The van der Waals surface area contributed by atoms with Crippen molar-refractivity contribution in [3.63, 3.8) is 0 Å². The number of ether oxygens (including phenoxy) is 4. The number of carbonyl (C=O) groups is 4. The summed E-state index contributed by atoms with van der Waals surface area (Å²) in [6.07, 6.45) is 3.49. The van der Waals surface area contributed by atoms with Gasteiger partial charge in [-0.3, -0.25) is 19.2 Å². The molecule has 196 valence electrons. The van der Waals surface area contributed by atoms with Crippen molar-refractivity contribution in [3.05, 3.63) is 23.8 Å². The van der Waals surface area contributed by atoms with Crippen molar-refractivity contribution in [1.29, 1.82) is 0 Å². The van der Waals surface area contributed by atoms with Crippen LogP contribution >= 0.6 is 0 Å². The van der Waals surface area contributed by atoms with Crippen molar-refractivity contribution >= 4 is 23.9 Å². The third kappa shape index (κ3) is 11.8. The number of methoxy groups -OCH3 is 1. The summed E-state index contributed by atoms with van der Waals surface area (Å²) in [5.41, 5.74) is 0.662. The molecule has 1 rings (SSSR count). The van der Waals surface area contributed by atoms with E-state index in [4.69, 9.17) is 18.9 Å². The summed E-state index contributed by atoms with van der Waals surface area (Å²) in [6, 6.07) is 4.08. The number of carbonyl (C=O) groups excluding carboxylic acids is 4. The Balaban J connectivity index is 2.97. The van der Waals surface area contributed by atoms with Crippen LogP contribution in [0.25, 0.3) is 0 Å². The highest BCUT2D eigenvalue weighted by molar-refractivity contribution is 5.77. The van der Waals surface area contributed by atoms with E-state index < -0.39 is 30.1 Å². The zero-order valence-electron chi connectivity index (χ0n) is 21.5. The number of esters is 4. The lowest BCUT2D eigenvalue weighted by Crippen LogP contribution is -2.43. The predicted molar refractivity (Wildman–Crippen MR) is 130 cm³/mol. The molecule has 0 radical (unpaired) electrons. The lowest BCUT2D eigenvalue weighted by molar-refractivity contribution is -0.148. The Labute approximate surface area is 207 Å². The molecule has 0 aliphatic heterocycles. The second kappa shape index (κ2) is 16.6. The molecule has 0 heterocycles. The monoisotopic (exact) mass is 493 g/mol. The van der Waals surface area contributed by atoms with E-state index in [-0.39, 0.29) is 43.3 Å². The molecule has 0 saturated heterocycles. The first-order chi connectivity index (χ1) is 16.7. The van der Waals surface area contributed by atoms with Crippen molar-refractivity contribution in [2.24, 2.45) is 0 Å². The summed E-state index contributed by atoms with van der Waals surface area (Å²) in [5, 5.41) is 3.08. The Bertz CT molecular complexity index is 839. The molecule has 2 atom stereocenters. The van der Waals surface area contributed by atoms with Crippen molar-refractivity contribution in [2.75, 3.05) is 13.7 Å². The number of hydrogen-bond acceptors (Lipinski definition) is 9. The molecule has 1 aromatic rings. The highest BCUT2D eigenvalue weighted by Crippen LogP contribution is 2.30. The van der Waals surface area contributed by atoms with Crippen LogP contribution in [-0.4, -0.2) is 49.7 Å². The van der Waals surface area contributed by atoms with Crippen LogP contribution < -0.4 is 14.8 Å². The molecule has 0 aliphatic rings. The molecule has 1 aromatic carbocycles. The van der Waals surface area contributed by atoms with E-state index >= 15 is 0 Å². The second-order valence-corrected chi connectivity index (χ2v) is 8.32. The van der Waals surface area contributed by atoms with E-state index in [1.165, 1.54) is 7.11 Å². The molecule has 0 aliphatic carbocycles. The van der Waals surface area contributed by atoms with Crippen molar-refractivity contribution in [1.82, 2.24) is 5.32 Å². The van der Waals surface area contributed by atoms with Gasteiger partial charge in [0, 0.05) is 25.8 Å². The largest absolute Gasteiger partial charge is 0.468 e. The van der Waals surface area contributed by atoms with Crippen LogP contribution in [0.15, 0.2) is 18.2 Å². The molecule has 1 unspecified atom stereocenters. The number of hydrogen-bond donors (Lipinski definition) is 1. The van der Waals surface area contributed by atoms with Crippen LogP contribution in [0.4, 0.5) is 0 Å². The molecule has 0 aromatic heterocycles. The van der Waals surface area contributed by atoms with Crippen LogP contribution in [0.2, 0.25) is 0 Å². The molecule has 0 spiro atoms. The van der Waals surface area contributed by atoms with E-state index in [0.717, 1.165) is 12.8 Å². The Kier molecular flexibility index (Phi) is 14.3. The zero-order valence-corrected chi connectivity index (χ0v) is 21.5. The van der Waals surface area contributed by atoms with Crippen LogP contribution in [0.5, 0.6) is 11.5 Å². The maximum Gasteiger partial charge on any atom is 0.323 e. The van der Waals surface area contributed by atoms with E-state index in [0.29, 0.717) is 24.8 Å². The van der Waals surface area contributed by atoms with Crippen LogP contribution in [0, 0.1) is 0 Å². The third-order valence-electron chi connectivity index (χ3n) is 5.01. The highest BCUT2D eigenvalue weighted by Gasteiger charge is 2.22. The molecule has 9 nitrogen and oxygen atoms in total. The topological polar surface area (TPSA) is 117 Å². The van der Waals surface area contributed by atoms with Crippen LogP contribution in [0.3, 0.4) is 0 Å². The molecular weight excluding hydrogens is 454 g/mol. The molecule has 0 amide bonds. The first kappa shape index (κ1) is 30.1. The average Bonchev–Trinajstić information content (AvgIpc) is 2.81. The van der Waals surface area contributed by atoms with E-state index in [1.807, 2.05) is 20.8 Å². The minimum atomic E-state index is -0.732. The first-order valence-electron chi connectivity index (χ1n) is 12.3. The smallest absolute Gasteiger partial charge is 0.323 e. The minimum Gasteiger partial charge on any atom is -0.468 e. The van der Waals surface area contributed by atoms with Gasteiger partial charge in [-0.15, -0.1) is 0 Å². The SMILES string of the molecule is CCCCC(=O)OC(C)CN[C@@H](Cc1ccc(OC(=O)CCC)c(OC(=O)CCC)c1)C(=O)OC. The third-order valence-corrected chi connectivity index (χ3v) is 5.01. The molecule has 0 bridgehead atoms. The van der Waals surface area contributed by atoms with Gasteiger partial charge in [0.25, 0.3) is 0 Å². The normalized spacial score (nSPS) is 12.4. The van der Waals surface area contributed by atoms with Gasteiger partial charge < -0.3 is 24.3 Å². The van der Waals surface area contributed by atoms with Gasteiger partial charge in [-0.2, -0.15) is 0 Å². The fourth-order valence-electron chi connectivity index (χ4n) is 3.17. The molecule has 0 fully saturated rings. The van der Waals surface area contributed by atoms with E-state index in [9.17, 15) is 19.2 Å². The second-order valence-electron chi connectivity index (χ2n) is 8.32. The fraction of sp³-hybridized carbons (Fsp3) is 0.615.